The summed E-state index contributed by atoms with van der Waals surface area (Å²) in [5.41, 5.74) is 3.41. The normalized spacial score (nSPS) is 23.1. The smallest absolute Gasteiger partial charge is 0.261 e. The van der Waals surface area contributed by atoms with Gasteiger partial charge in [-0.15, -0.1) is 0 Å². The number of rotatable bonds is 3. The predicted molar refractivity (Wildman–Crippen MR) is 81.3 cm³/mol. The van der Waals surface area contributed by atoms with Crippen molar-refractivity contribution in [1.29, 1.82) is 0 Å². The van der Waals surface area contributed by atoms with Crippen LogP contribution in [0.3, 0.4) is 0 Å². The molecule has 0 aromatic heterocycles. The minimum Gasteiger partial charge on any atom is -0.304 e. The van der Waals surface area contributed by atoms with Crippen LogP contribution in [0.25, 0.3) is 11.1 Å². The highest BCUT2D eigenvalue weighted by molar-refractivity contribution is 5.84. The molecule has 1 saturated heterocycles. The van der Waals surface area contributed by atoms with Crippen LogP contribution in [0.15, 0.2) is 66.7 Å². The molecule has 2 unspecified atom stereocenters. The highest BCUT2D eigenvalue weighted by Crippen LogP contribution is 2.25. The van der Waals surface area contributed by atoms with E-state index in [4.69, 9.17) is 9.78 Å². The number of amides is 1. The Balaban J connectivity index is 1.52. The molecule has 5 rings (SSSR count). The Morgan fingerprint density at radius 3 is 2.23 bits per heavy atom. The van der Waals surface area contributed by atoms with Gasteiger partial charge >= 0.3 is 0 Å². The quantitative estimate of drug-likeness (QED) is 0.645. The molecule has 0 saturated carbocycles. The van der Waals surface area contributed by atoms with E-state index in [2.05, 4.69) is 24.3 Å². The van der Waals surface area contributed by atoms with Crippen LogP contribution < -0.4 is 0 Å². The van der Waals surface area contributed by atoms with Gasteiger partial charge in [0.1, 0.15) is 0 Å². The molecule has 2 bridgehead atoms. The lowest BCUT2D eigenvalue weighted by Crippen LogP contribution is -2.53. The van der Waals surface area contributed by atoms with Gasteiger partial charge in [-0.1, -0.05) is 54.6 Å². The van der Waals surface area contributed by atoms with Gasteiger partial charge in [0.15, 0.2) is 12.3 Å². The van der Waals surface area contributed by atoms with Crippen molar-refractivity contribution in [3.63, 3.8) is 0 Å². The fourth-order valence-electron chi connectivity index (χ4n) is 2.74. The first kappa shape index (κ1) is 13.2. The molecular weight excluding hydrogens is 278 g/mol. The van der Waals surface area contributed by atoms with Crippen molar-refractivity contribution in [3.05, 3.63) is 72.3 Å². The first-order valence-corrected chi connectivity index (χ1v) is 7.26. The Morgan fingerprint density at radius 1 is 0.864 bits per heavy atom. The number of fused-ring (bicyclic) bond motifs is 2. The third kappa shape index (κ3) is 2.32. The molecule has 4 nitrogen and oxygen atoms in total. The second-order valence-corrected chi connectivity index (χ2v) is 5.42. The molecule has 2 aromatic carbocycles. The summed E-state index contributed by atoms with van der Waals surface area (Å²) in [5.74, 6) is -0.0501. The molecule has 0 aliphatic carbocycles. The van der Waals surface area contributed by atoms with Crippen molar-refractivity contribution < 1.29 is 14.6 Å². The maximum absolute atomic E-state index is 12.1. The Bertz CT molecular complexity index is 709. The Labute approximate surface area is 128 Å². The van der Waals surface area contributed by atoms with Crippen molar-refractivity contribution in [2.24, 2.45) is 0 Å². The molecule has 0 spiro atoms. The number of nitrogens with zero attached hydrogens (tertiary/aromatic N) is 1. The summed E-state index contributed by atoms with van der Waals surface area (Å²) in [6.07, 6.45) is 2.57. The van der Waals surface area contributed by atoms with E-state index in [1.165, 1.54) is 5.56 Å². The Kier molecular flexibility index (Phi) is 3.25. The number of benzene rings is 2. The lowest BCUT2D eigenvalue weighted by atomic mass is 10.0. The predicted octanol–water partition coefficient (Wildman–Crippen LogP) is 2.91. The standard InChI is InChI=1S/C18H15NO3/c20-18-16-10-11-17(22-21-16)19(18)12-13-6-8-15(9-7-13)14-4-2-1-3-5-14/h1-11,16-17H,12H2. The van der Waals surface area contributed by atoms with E-state index >= 15 is 0 Å². The Hall–Kier alpha value is -2.43. The zero-order valence-electron chi connectivity index (χ0n) is 11.9. The largest absolute Gasteiger partial charge is 0.304 e. The topological polar surface area (TPSA) is 38.8 Å². The first-order chi connectivity index (χ1) is 10.8. The van der Waals surface area contributed by atoms with Crippen LogP contribution in [0, 0.1) is 0 Å². The molecule has 22 heavy (non-hydrogen) atoms. The molecule has 1 fully saturated rings. The van der Waals surface area contributed by atoms with Gasteiger partial charge in [0.25, 0.3) is 5.91 Å². The lowest BCUT2D eigenvalue weighted by Gasteiger charge is -2.39. The fourth-order valence-corrected chi connectivity index (χ4v) is 2.74. The van der Waals surface area contributed by atoms with Crippen LogP contribution in [0.4, 0.5) is 0 Å². The minimum atomic E-state index is -0.603. The summed E-state index contributed by atoms with van der Waals surface area (Å²) in [6, 6.07) is 18.5. The number of hydrogen-bond acceptors (Lipinski definition) is 3. The third-order valence-corrected chi connectivity index (χ3v) is 3.96. The van der Waals surface area contributed by atoms with Crippen LogP contribution in [-0.2, 0) is 21.1 Å². The average Bonchev–Trinajstić information content (AvgIpc) is 2.60. The average molecular weight is 293 g/mol. The molecule has 0 N–H and O–H groups in total. The summed E-state index contributed by atoms with van der Waals surface area (Å²) in [7, 11) is 0. The van der Waals surface area contributed by atoms with Crippen molar-refractivity contribution in [2.75, 3.05) is 0 Å². The summed E-state index contributed by atoms with van der Waals surface area (Å²) in [6.45, 7) is 0.517. The molecule has 3 aliphatic heterocycles. The zero-order chi connectivity index (χ0) is 14.9. The summed E-state index contributed by atoms with van der Waals surface area (Å²) in [5, 5.41) is 0. The molecule has 3 heterocycles. The molecular formula is C18H15NO3. The lowest BCUT2D eigenvalue weighted by molar-refractivity contribution is -0.376. The fraction of sp³-hybridized carbons (Fsp3) is 0.167. The minimum absolute atomic E-state index is 0.0501. The van der Waals surface area contributed by atoms with Crippen LogP contribution in [0.1, 0.15) is 5.56 Å². The van der Waals surface area contributed by atoms with E-state index in [-0.39, 0.29) is 5.91 Å². The molecule has 3 aliphatic rings. The monoisotopic (exact) mass is 293 g/mol. The number of carbonyl (C=O) groups is 1. The highest BCUT2D eigenvalue weighted by atomic mass is 17.2. The summed E-state index contributed by atoms with van der Waals surface area (Å²) >= 11 is 0. The second kappa shape index (κ2) is 5.40. The van der Waals surface area contributed by atoms with E-state index in [1.54, 1.807) is 11.0 Å². The van der Waals surface area contributed by atoms with Gasteiger partial charge in [-0.05, 0) is 28.8 Å². The van der Waals surface area contributed by atoms with Gasteiger partial charge < -0.3 is 4.90 Å². The van der Waals surface area contributed by atoms with Crippen molar-refractivity contribution in [2.45, 2.75) is 18.9 Å². The van der Waals surface area contributed by atoms with Gasteiger partial charge in [0.05, 0.1) is 0 Å². The number of hydrogen-bond donors (Lipinski definition) is 0. The van der Waals surface area contributed by atoms with Gasteiger partial charge in [0, 0.05) is 6.54 Å². The highest BCUT2D eigenvalue weighted by Gasteiger charge is 2.39. The maximum Gasteiger partial charge on any atom is 0.261 e. The first-order valence-electron chi connectivity index (χ1n) is 7.26. The molecule has 2 atom stereocenters. The van der Waals surface area contributed by atoms with Crippen LogP contribution in [0.2, 0.25) is 0 Å². The SMILES string of the molecule is O=C1C2C=CC(OO2)N1Cc1ccc(-c2ccccc2)cc1. The molecule has 1 amide bonds. The van der Waals surface area contributed by atoms with E-state index in [9.17, 15) is 4.79 Å². The van der Waals surface area contributed by atoms with Crippen LogP contribution in [0.5, 0.6) is 0 Å². The van der Waals surface area contributed by atoms with E-state index in [1.807, 2.05) is 36.4 Å². The van der Waals surface area contributed by atoms with Gasteiger partial charge in [0.2, 0.25) is 0 Å². The van der Waals surface area contributed by atoms with Gasteiger partial charge in [-0.25, -0.2) is 9.78 Å². The molecule has 4 heteroatoms. The number of carbonyl (C=O) groups excluding carboxylic acids is 1. The zero-order valence-corrected chi connectivity index (χ0v) is 11.9. The van der Waals surface area contributed by atoms with Crippen LogP contribution in [-0.4, -0.2) is 23.1 Å². The van der Waals surface area contributed by atoms with Gasteiger partial charge in [-0.3, -0.25) is 4.79 Å². The molecule has 2 aromatic rings. The van der Waals surface area contributed by atoms with Gasteiger partial charge in [-0.2, -0.15) is 0 Å². The summed E-state index contributed by atoms with van der Waals surface area (Å²) < 4.78 is 0. The van der Waals surface area contributed by atoms with Crippen molar-refractivity contribution in [1.82, 2.24) is 4.90 Å². The third-order valence-electron chi connectivity index (χ3n) is 3.96. The van der Waals surface area contributed by atoms with Crippen molar-refractivity contribution >= 4 is 5.91 Å². The molecule has 110 valence electrons. The molecule has 0 radical (unpaired) electrons. The van der Waals surface area contributed by atoms with E-state index in [0.29, 0.717) is 6.54 Å². The van der Waals surface area contributed by atoms with Crippen LogP contribution >= 0.6 is 0 Å². The van der Waals surface area contributed by atoms with E-state index < -0.39 is 12.3 Å². The van der Waals surface area contributed by atoms with Crippen molar-refractivity contribution in [3.8, 4) is 11.1 Å². The Morgan fingerprint density at radius 2 is 1.59 bits per heavy atom. The maximum atomic E-state index is 12.1. The second-order valence-electron chi connectivity index (χ2n) is 5.42. The summed E-state index contributed by atoms with van der Waals surface area (Å²) in [4.78, 5) is 23.9. The van der Waals surface area contributed by atoms with E-state index in [0.717, 1.165) is 11.1 Å².